The molecule has 0 aromatic heterocycles. The van der Waals surface area contributed by atoms with Crippen LogP contribution in [0.2, 0.25) is 0 Å². The zero-order valence-electron chi connectivity index (χ0n) is 13.0. The van der Waals surface area contributed by atoms with Crippen molar-refractivity contribution in [2.75, 3.05) is 7.11 Å². The van der Waals surface area contributed by atoms with Gasteiger partial charge in [0.2, 0.25) is 0 Å². The van der Waals surface area contributed by atoms with Gasteiger partial charge in [0, 0.05) is 5.56 Å². The highest BCUT2D eigenvalue weighted by atomic mass is 32.1. The molecule has 0 bridgehead atoms. The molecule has 5 heteroatoms. The zero-order chi connectivity index (χ0) is 15.8. The molecule has 0 saturated carbocycles. The van der Waals surface area contributed by atoms with Crippen molar-refractivity contribution < 1.29 is 9.53 Å². The van der Waals surface area contributed by atoms with E-state index in [1.165, 1.54) is 7.11 Å². The van der Waals surface area contributed by atoms with Crippen LogP contribution in [0.4, 0.5) is 0 Å². The van der Waals surface area contributed by atoms with Gasteiger partial charge in [-0.05, 0) is 31.9 Å². The Bertz CT molecular complexity index is 637. The molecule has 1 N–H and O–H groups in total. The summed E-state index contributed by atoms with van der Waals surface area (Å²) in [4.78, 5) is 17.4. The molecule has 1 aromatic carbocycles. The number of hydrogen-bond donors (Lipinski definition) is 1. The van der Waals surface area contributed by atoms with E-state index < -0.39 is 5.54 Å². The molecule has 0 aliphatic carbocycles. The number of esters is 1. The van der Waals surface area contributed by atoms with Gasteiger partial charge in [-0.2, -0.15) is 0 Å². The van der Waals surface area contributed by atoms with E-state index in [1.807, 2.05) is 26.0 Å². The van der Waals surface area contributed by atoms with Gasteiger partial charge in [0.25, 0.3) is 0 Å². The van der Waals surface area contributed by atoms with Crippen LogP contribution >= 0.6 is 12.2 Å². The number of aryl methyl sites for hydroxylation is 1. The maximum absolute atomic E-state index is 11.9. The lowest BCUT2D eigenvalue weighted by Gasteiger charge is -2.24. The number of methoxy groups -OCH3 is 1. The molecule has 0 saturated heterocycles. The van der Waals surface area contributed by atoms with E-state index in [1.54, 1.807) is 6.07 Å². The minimum Gasteiger partial charge on any atom is -0.465 e. The van der Waals surface area contributed by atoms with Crippen LogP contribution in [-0.2, 0) is 4.74 Å². The predicted molar refractivity (Wildman–Crippen MR) is 88.0 cm³/mol. The van der Waals surface area contributed by atoms with Gasteiger partial charge < -0.3 is 10.1 Å². The zero-order valence-corrected chi connectivity index (χ0v) is 13.8. The summed E-state index contributed by atoms with van der Waals surface area (Å²) in [6.45, 7) is 8.14. The normalized spacial score (nSPS) is 21.2. The molecule has 1 aromatic rings. The first-order chi connectivity index (χ1) is 9.79. The number of thiocarbonyl (C=S) groups is 1. The van der Waals surface area contributed by atoms with Crippen molar-refractivity contribution in [3.63, 3.8) is 0 Å². The Balaban J connectivity index is 2.55. The summed E-state index contributed by atoms with van der Waals surface area (Å²) in [5, 5.41) is 3.16. The fourth-order valence-corrected chi connectivity index (χ4v) is 2.58. The van der Waals surface area contributed by atoms with Crippen molar-refractivity contribution in [2.24, 2.45) is 10.9 Å². The topological polar surface area (TPSA) is 50.7 Å². The second kappa shape index (κ2) is 5.56. The molecular weight excluding hydrogens is 284 g/mol. The number of amidine groups is 1. The van der Waals surface area contributed by atoms with Gasteiger partial charge in [-0.25, -0.2) is 4.79 Å². The van der Waals surface area contributed by atoms with E-state index in [-0.39, 0.29) is 11.9 Å². The van der Waals surface area contributed by atoms with Gasteiger partial charge in [-0.15, -0.1) is 0 Å². The lowest BCUT2D eigenvalue weighted by Crippen LogP contribution is -2.39. The third-order valence-corrected chi connectivity index (χ3v) is 4.51. The molecule has 21 heavy (non-hydrogen) atoms. The van der Waals surface area contributed by atoms with Crippen LogP contribution in [0.15, 0.2) is 23.2 Å². The average molecular weight is 304 g/mol. The molecule has 0 spiro atoms. The molecule has 1 unspecified atom stereocenters. The predicted octanol–water partition coefficient (Wildman–Crippen LogP) is 2.87. The largest absolute Gasteiger partial charge is 0.465 e. The first-order valence-electron chi connectivity index (χ1n) is 6.90. The van der Waals surface area contributed by atoms with Crippen LogP contribution in [-0.4, -0.2) is 29.4 Å². The van der Waals surface area contributed by atoms with E-state index in [0.717, 1.165) is 11.1 Å². The highest BCUT2D eigenvalue weighted by molar-refractivity contribution is 7.80. The van der Waals surface area contributed by atoms with E-state index in [9.17, 15) is 4.79 Å². The van der Waals surface area contributed by atoms with Gasteiger partial charge in [0.05, 0.1) is 12.7 Å². The number of carbonyl (C=O) groups excluding carboxylic acids is 1. The van der Waals surface area contributed by atoms with Gasteiger partial charge in [-0.3, -0.25) is 4.99 Å². The van der Waals surface area contributed by atoms with Crippen molar-refractivity contribution in [1.29, 1.82) is 0 Å². The summed E-state index contributed by atoms with van der Waals surface area (Å²) in [6.07, 6.45) is 0. The molecule has 1 aliphatic rings. The fraction of sp³-hybridized carbons (Fsp3) is 0.438. The maximum atomic E-state index is 11.9. The number of carbonyl (C=O) groups is 1. The molecule has 4 nitrogen and oxygen atoms in total. The van der Waals surface area contributed by atoms with Crippen LogP contribution in [0.3, 0.4) is 0 Å². The van der Waals surface area contributed by atoms with Crippen LogP contribution in [0.25, 0.3) is 0 Å². The van der Waals surface area contributed by atoms with E-state index in [4.69, 9.17) is 21.9 Å². The van der Waals surface area contributed by atoms with Crippen LogP contribution in [0.5, 0.6) is 0 Å². The highest BCUT2D eigenvalue weighted by Gasteiger charge is 2.39. The number of nitrogens with one attached hydrogen (secondary N) is 1. The van der Waals surface area contributed by atoms with Crippen molar-refractivity contribution in [1.82, 2.24) is 5.32 Å². The number of benzene rings is 1. The lowest BCUT2D eigenvalue weighted by molar-refractivity contribution is 0.0600. The first-order valence-corrected chi connectivity index (χ1v) is 7.31. The smallest absolute Gasteiger partial charge is 0.338 e. The Kier molecular flexibility index (Phi) is 4.14. The van der Waals surface area contributed by atoms with Crippen LogP contribution in [0, 0.1) is 12.8 Å². The maximum Gasteiger partial charge on any atom is 0.338 e. The molecule has 1 heterocycles. The monoisotopic (exact) mass is 304 g/mol. The second-order valence-corrected chi connectivity index (χ2v) is 6.17. The van der Waals surface area contributed by atoms with Gasteiger partial charge in [0.15, 0.2) is 0 Å². The van der Waals surface area contributed by atoms with Crippen molar-refractivity contribution in [3.8, 4) is 0 Å². The SMILES string of the molecule is COC(=O)c1ccc(C)cc1C1=NC(C)(C(C)C)C(=S)N1. The van der Waals surface area contributed by atoms with Gasteiger partial charge >= 0.3 is 5.97 Å². The van der Waals surface area contributed by atoms with Crippen molar-refractivity contribution >= 4 is 29.0 Å². The van der Waals surface area contributed by atoms with Crippen LogP contribution in [0.1, 0.15) is 42.3 Å². The molecule has 2 rings (SSSR count). The summed E-state index contributed by atoms with van der Waals surface area (Å²) in [6, 6.07) is 5.56. The quantitative estimate of drug-likeness (QED) is 0.689. The molecule has 1 atom stereocenters. The summed E-state index contributed by atoms with van der Waals surface area (Å²) in [5.74, 6) is 0.528. The van der Waals surface area contributed by atoms with E-state index >= 15 is 0 Å². The fourth-order valence-electron chi connectivity index (χ4n) is 2.21. The Morgan fingerprint density at radius 2 is 2.10 bits per heavy atom. The third kappa shape index (κ3) is 2.70. The molecule has 0 radical (unpaired) electrons. The van der Waals surface area contributed by atoms with E-state index in [2.05, 4.69) is 19.2 Å². The van der Waals surface area contributed by atoms with Gasteiger partial charge in [-0.1, -0.05) is 37.7 Å². The third-order valence-electron chi connectivity index (χ3n) is 4.00. The number of aliphatic imine (C=N–C) groups is 1. The lowest BCUT2D eigenvalue weighted by atomic mass is 9.90. The highest BCUT2D eigenvalue weighted by Crippen LogP contribution is 2.29. The first kappa shape index (κ1) is 15.6. The van der Waals surface area contributed by atoms with Crippen molar-refractivity contribution in [2.45, 2.75) is 33.2 Å². The Labute approximate surface area is 130 Å². The Hall–Kier alpha value is -1.75. The minimum absolute atomic E-state index is 0.265. The average Bonchev–Trinajstić information content (AvgIpc) is 2.75. The second-order valence-electron chi connectivity index (χ2n) is 5.76. The molecule has 0 amide bonds. The Morgan fingerprint density at radius 1 is 1.43 bits per heavy atom. The van der Waals surface area contributed by atoms with Gasteiger partial charge in [0.1, 0.15) is 16.4 Å². The molecular formula is C16H20N2O2S. The Morgan fingerprint density at radius 3 is 2.62 bits per heavy atom. The summed E-state index contributed by atoms with van der Waals surface area (Å²) < 4.78 is 4.85. The standard InChI is InChI=1S/C16H20N2O2S/c1-9(2)16(4)15(21)17-13(18-16)12-8-10(3)6-7-11(12)14(19)20-5/h6-9H,1-5H3,(H,17,18,21). The molecule has 112 valence electrons. The molecule has 1 aliphatic heterocycles. The van der Waals surface area contributed by atoms with Crippen molar-refractivity contribution in [3.05, 3.63) is 34.9 Å². The molecule has 0 fully saturated rings. The van der Waals surface area contributed by atoms with E-state index in [0.29, 0.717) is 16.4 Å². The summed E-state index contributed by atoms with van der Waals surface area (Å²) in [5.41, 5.74) is 1.83. The summed E-state index contributed by atoms with van der Waals surface area (Å²) >= 11 is 5.44. The summed E-state index contributed by atoms with van der Waals surface area (Å²) in [7, 11) is 1.37. The number of ether oxygens (including phenoxy) is 1. The minimum atomic E-state index is -0.443. The number of hydrogen-bond acceptors (Lipinski definition) is 4. The van der Waals surface area contributed by atoms with Crippen LogP contribution < -0.4 is 5.32 Å². The number of rotatable bonds is 3. The number of nitrogens with zero attached hydrogens (tertiary/aromatic N) is 1.